The fraction of sp³-hybridized carbons (Fsp3) is 0.391. The van der Waals surface area contributed by atoms with Crippen LogP contribution in [0.25, 0.3) is 0 Å². The Kier molecular flexibility index (Phi) is 7.03. The van der Waals surface area contributed by atoms with Crippen LogP contribution in [0, 0.1) is 5.92 Å². The second kappa shape index (κ2) is 9.91. The van der Waals surface area contributed by atoms with Gasteiger partial charge in [-0.05, 0) is 49.1 Å². The Morgan fingerprint density at radius 2 is 1.48 bits per heavy atom. The standard InChI is InChI=1S/C23H28N2O2/c26-22(24-15-7-12-19-8-3-1-4-9-19)23(27)25-16-13-21(14-17-25)18-20-10-5-2-6-11-20/h1-6,8-11,21H,7,12-18H2,(H,24,26). The molecule has 1 aliphatic heterocycles. The predicted molar refractivity (Wildman–Crippen MR) is 107 cm³/mol. The summed E-state index contributed by atoms with van der Waals surface area (Å²) in [6, 6.07) is 20.6. The zero-order valence-corrected chi connectivity index (χ0v) is 15.8. The van der Waals surface area contributed by atoms with Crippen molar-refractivity contribution in [3.8, 4) is 0 Å². The van der Waals surface area contributed by atoms with E-state index in [1.54, 1.807) is 4.90 Å². The second-order valence-electron chi connectivity index (χ2n) is 7.27. The lowest BCUT2D eigenvalue weighted by atomic mass is 9.90. The van der Waals surface area contributed by atoms with Gasteiger partial charge in [0.1, 0.15) is 0 Å². The summed E-state index contributed by atoms with van der Waals surface area (Å²) in [5, 5.41) is 2.77. The average Bonchev–Trinajstić information content (AvgIpc) is 2.72. The molecular formula is C23H28N2O2. The van der Waals surface area contributed by atoms with Crippen LogP contribution in [-0.2, 0) is 22.4 Å². The maximum absolute atomic E-state index is 12.3. The van der Waals surface area contributed by atoms with Crippen molar-refractivity contribution >= 4 is 11.8 Å². The van der Waals surface area contributed by atoms with Gasteiger partial charge in [-0.25, -0.2) is 0 Å². The van der Waals surface area contributed by atoms with Crippen LogP contribution in [0.4, 0.5) is 0 Å². The summed E-state index contributed by atoms with van der Waals surface area (Å²) >= 11 is 0. The van der Waals surface area contributed by atoms with Gasteiger partial charge in [0.05, 0.1) is 0 Å². The molecular weight excluding hydrogens is 336 g/mol. The maximum atomic E-state index is 12.3. The Bertz CT molecular complexity index is 723. The Hall–Kier alpha value is -2.62. The molecule has 1 heterocycles. The fourth-order valence-electron chi connectivity index (χ4n) is 3.65. The number of carbonyl (C=O) groups is 2. The SMILES string of the molecule is O=C(NCCCc1ccccc1)C(=O)N1CCC(Cc2ccccc2)CC1. The van der Waals surface area contributed by atoms with Crippen molar-refractivity contribution in [2.24, 2.45) is 5.92 Å². The zero-order chi connectivity index (χ0) is 18.9. The van der Waals surface area contributed by atoms with E-state index in [2.05, 4.69) is 41.7 Å². The maximum Gasteiger partial charge on any atom is 0.311 e. The second-order valence-corrected chi connectivity index (χ2v) is 7.27. The number of likely N-dealkylation sites (tertiary alicyclic amines) is 1. The molecule has 1 fully saturated rings. The van der Waals surface area contributed by atoms with E-state index in [-0.39, 0.29) is 5.91 Å². The first-order valence-electron chi connectivity index (χ1n) is 9.87. The molecule has 2 amide bonds. The quantitative estimate of drug-likeness (QED) is 0.632. The summed E-state index contributed by atoms with van der Waals surface area (Å²) in [7, 11) is 0. The number of aryl methyl sites for hydroxylation is 1. The predicted octanol–water partition coefficient (Wildman–Crippen LogP) is 3.22. The molecule has 142 valence electrons. The van der Waals surface area contributed by atoms with Gasteiger partial charge in [-0.15, -0.1) is 0 Å². The molecule has 0 aliphatic carbocycles. The van der Waals surface area contributed by atoms with Gasteiger partial charge < -0.3 is 10.2 Å². The summed E-state index contributed by atoms with van der Waals surface area (Å²) in [6.45, 7) is 1.88. The molecule has 3 rings (SSSR count). The minimum Gasteiger partial charge on any atom is -0.348 e. The third-order valence-electron chi connectivity index (χ3n) is 5.23. The van der Waals surface area contributed by atoms with Crippen molar-refractivity contribution in [3.63, 3.8) is 0 Å². The number of rotatable bonds is 6. The van der Waals surface area contributed by atoms with Crippen molar-refractivity contribution in [1.29, 1.82) is 0 Å². The highest BCUT2D eigenvalue weighted by Gasteiger charge is 2.26. The summed E-state index contributed by atoms with van der Waals surface area (Å²) in [5.74, 6) is -0.261. The summed E-state index contributed by atoms with van der Waals surface area (Å²) in [5.41, 5.74) is 2.59. The van der Waals surface area contributed by atoms with Gasteiger partial charge >= 0.3 is 11.8 Å². The summed E-state index contributed by atoms with van der Waals surface area (Å²) in [6.07, 6.45) is 4.71. The average molecular weight is 364 g/mol. The summed E-state index contributed by atoms with van der Waals surface area (Å²) < 4.78 is 0. The van der Waals surface area contributed by atoms with E-state index in [9.17, 15) is 9.59 Å². The van der Waals surface area contributed by atoms with Crippen LogP contribution in [-0.4, -0.2) is 36.3 Å². The van der Waals surface area contributed by atoms with Crippen molar-refractivity contribution in [2.45, 2.75) is 32.1 Å². The van der Waals surface area contributed by atoms with Gasteiger partial charge in [-0.1, -0.05) is 60.7 Å². The van der Waals surface area contributed by atoms with E-state index < -0.39 is 5.91 Å². The van der Waals surface area contributed by atoms with Crippen molar-refractivity contribution in [2.75, 3.05) is 19.6 Å². The van der Waals surface area contributed by atoms with Crippen molar-refractivity contribution < 1.29 is 9.59 Å². The van der Waals surface area contributed by atoms with Gasteiger partial charge in [0.25, 0.3) is 0 Å². The van der Waals surface area contributed by atoms with Gasteiger partial charge in [0.2, 0.25) is 0 Å². The van der Waals surface area contributed by atoms with Crippen LogP contribution >= 0.6 is 0 Å². The first-order valence-corrected chi connectivity index (χ1v) is 9.87. The number of carbonyl (C=O) groups excluding carboxylic acids is 2. The number of nitrogens with zero attached hydrogens (tertiary/aromatic N) is 1. The Balaban J connectivity index is 1.35. The van der Waals surface area contributed by atoms with Crippen molar-refractivity contribution in [3.05, 3.63) is 71.8 Å². The summed E-state index contributed by atoms with van der Waals surface area (Å²) in [4.78, 5) is 26.2. The molecule has 1 saturated heterocycles. The van der Waals surface area contributed by atoms with Crippen LogP contribution in [0.1, 0.15) is 30.4 Å². The number of benzene rings is 2. The lowest BCUT2D eigenvalue weighted by molar-refractivity contribution is -0.146. The number of nitrogens with one attached hydrogen (secondary N) is 1. The zero-order valence-electron chi connectivity index (χ0n) is 15.8. The number of piperidine rings is 1. The molecule has 0 spiro atoms. The molecule has 2 aromatic carbocycles. The molecule has 1 N–H and O–H groups in total. The normalized spacial score (nSPS) is 14.7. The fourth-order valence-corrected chi connectivity index (χ4v) is 3.65. The smallest absolute Gasteiger partial charge is 0.311 e. The molecule has 0 unspecified atom stereocenters. The topological polar surface area (TPSA) is 49.4 Å². The van der Waals surface area contributed by atoms with Crippen LogP contribution in [0.3, 0.4) is 0 Å². The van der Waals surface area contributed by atoms with Crippen LogP contribution in [0.5, 0.6) is 0 Å². The van der Waals surface area contributed by atoms with Crippen LogP contribution in [0.15, 0.2) is 60.7 Å². The molecule has 4 heteroatoms. The molecule has 1 aliphatic rings. The Morgan fingerprint density at radius 1 is 0.889 bits per heavy atom. The van der Waals surface area contributed by atoms with Crippen molar-refractivity contribution in [1.82, 2.24) is 10.2 Å². The van der Waals surface area contributed by atoms with Gasteiger partial charge in [-0.3, -0.25) is 9.59 Å². The lowest BCUT2D eigenvalue weighted by Gasteiger charge is -2.31. The monoisotopic (exact) mass is 364 g/mol. The van der Waals surface area contributed by atoms with E-state index in [0.717, 1.165) is 32.1 Å². The highest BCUT2D eigenvalue weighted by atomic mass is 16.2. The van der Waals surface area contributed by atoms with Crippen LogP contribution < -0.4 is 5.32 Å². The van der Waals surface area contributed by atoms with Gasteiger partial charge in [-0.2, -0.15) is 0 Å². The molecule has 0 bridgehead atoms. The minimum absolute atomic E-state index is 0.382. The number of hydrogen-bond donors (Lipinski definition) is 1. The molecule has 0 radical (unpaired) electrons. The molecule has 2 aromatic rings. The van der Waals surface area contributed by atoms with E-state index in [1.165, 1.54) is 11.1 Å². The van der Waals surface area contributed by atoms with E-state index >= 15 is 0 Å². The Labute approximate surface area is 161 Å². The van der Waals surface area contributed by atoms with Gasteiger partial charge in [0.15, 0.2) is 0 Å². The van der Waals surface area contributed by atoms with E-state index in [1.807, 2.05) is 24.3 Å². The molecule has 0 aromatic heterocycles. The van der Waals surface area contributed by atoms with E-state index in [0.29, 0.717) is 25.6 Å². The van der Waals surface area contributed by atoms with Crippen LogP contribution in [0.2, 0.25) is 0 Å². The molecule has 0 saturated carbocycles. The molecule has 4 nitrogen and oxygen atoms in total. The number of hydrogen-bond acceptors (Lipinski definition) is 2. The molecule has 0 atom stereocenters. The largest absolute Gasteiger partial charge is 0.348 e. The minimum atomic E-state index is -0.468. The number of amides is 2. The third kappa shape index (κ3) is 5.95. The first-order chi connectivity index (χ1) is 13.2. The third-order valence-corrected chi connectivity index (χ3v) is 5.23. The van der Waals surface area contributed by atoms with E-state index in [4.69, 9.17) is 0 Å². The van der Waals surface area contributed by atoms with Gasteiger partial charge in [0, 0.05) is 19.6 Å². The lowest BCUT2D eigenvalue weighted by Crippen LogP contribution is -2.46. The molecule has 27 heavy (non-hydrogen) atoms. The Morgan fingerprint density at radius 3 is 2.11 bits per heavy atom. The highest BCUT2D eigenvalue weighted by molar-refractivity contribution is 6.35. The first kappa shape index (κ1) is 19.2. The highest BCUT2D eigenvalue weighted by Crippen LogP contribution is 2.21.